The third-order valence-electron chi connectivity index (χ3n) is 1.99. The zero-order valence-electron chi connectivity index (χ0n) is 9.75. The van der Waals surface area contributed by atoms with Gasteiger partial charge < -0.3 is 9.47 Å². The highest BCUT2D eigenvalue weighted by Crippen LogP contribution is 2.11. The summed E-state index contributed by atoms with van der Waals surface area (Å²) in [5.41, 5.74) is 0. The molecule has 1 atom stereocenters. The molecule has 15 heavy (non-hydrogen) atoms. The van der Waals surface area contributed by atoms with Crippen LogP contribution in [-0.4, -0.2) is 33.0 Å². The SMILES string of the molecule is BCCOC(=O)CC(CC)C(=O)OCC. The van der Waals surface area contributed by atoms with Gasteiger partial charge in [-0.25, -0.2) is 0 Å². The van der Waals surface area contributed by atoms with E-state index in [9.17, 15) is 9.59 Å². The van der Waals surface area contributed by atoms with Crippen molar-refractivity contribution in [2.45, 2.75) is 33.0 Å². The predicted molar refractivity (Wildman–Crippen MR) is 59.3 cm³/mol. The summed E-state index contributed by atoms with van der Waals surface area (Å²) in [6, 6.07) is 0. The molecule has 0 fully saturated rings. The van der Waals surface area contributed by atoms with E-state index < -0.39 is 0 Å². The van der Waals surface area contributed by atoms with Crippen LogP contribution in [0.5, 0.6) is 0 Å². The molecule has 1 unspecified atom stereocenters. The second kappa shape index (κ2) is 8.32. The van der Waals surface area contributed by atoms with Gasteiger partial charge in [-0.15, -0.1) is 0 Å². The Morgan fingerprint density at radius 2 is 1.93 bits per heavy atom. The van der Waals surface area contributed by atoms with Crippen molar-refractivity contribution in [3.8, 4) is 0 Å². The highest BCUT2D eigenvalue weighted by Gasteiger charge is 2.21. The van der Waals surface area contributed by atoms with Crippen molar-refractivity contribution in [1.82, 2.24) is 0 Å². The standard InChI is InChI=1S/C10H19BO4/c1-3-8(10(13)14-4-2)7-9(12)15-6-5-11/h8H,3-7,11H2,1-2H3. The van der Waals surface area contributed by atoms with Crippen LogP contribution < -0.4 is 0 Å². The molecule has 0 aliphatic rings. The van der Waals surface area contributed by atoms with Crippen LogP contribution >= 0.6 is 0 Å². The number of ether oxygens (including phenoxy) is 2. The molecule has 0 saturated carbocycles. The van der Waals surface area contributed by atoms with Gasteiger partial charge in [0.1, 0.15) is 7.85 Å². The molecule has 0 bridgehead atoms. The summed E-state index contributed by atoms with van der Waals surface area (Å²) in [5.74, 6) is -1.00. The molecule has 0 radical (unpaired) electrons. The van der Waals surface area contributed by atoms with Crippen LogP contribution in [0.3, 0.4) is 0 Å². The number of hydrogen-bond donors (Lipinski definition) is 0. The Morgan fingerprint density at radius 1 is 1.27 bits per heavy atom. The number of carbonyl (C=O) groups is 2. The number of carbonyl (C=O) groups excluding carboxylic acids is 2. The highest BCUT2D eigenvalue weighted by atomic mass is 16.5. The molecule has 0 N–H and O–H groups in total. The van der Waals surface area contributed by atoms with Crippen molar-refractivity contribution < 1.29 is 19.1 Å². The molecule has 0 heterocycles. The molecule has 5 heteroatoms. The summed E-state index contributed by atoms with van der Waals surface area (Å²) in [5, 5.41) is 0. The average Bonchev–Trinajstić information content (AvgIpc) is 2.23. The van der Waals surface area contributed by atoms with Crippen molar-refractivity contribution >= 4 is 19.8 Å². The van der Waals surface area contributed by atoms with E-state index in [-0.39, 0.29) is 24.3 Å². The number of hydrogen-bond acceptors (Lipinski definition) is 4. The zero-order chi connectivity index (χ0) is 11.7. The normalized spacial score (nSPS) is 11.9. The first kappa shape index (κ1) is 14.0. The topological polar surface area (TPSA) is 52.6 Å². The second-order valence-electron chi connectivity index (χ2n) is 3.28. The largest absolute Gasteiger partial charge is 0.466 e. The Morgan fingerprint density at radius 3 is 2.40 bits per heavy atom. The van der Waals surface area contributed by atoms with Gasteiger partial charge in [-0.2, -0.15) is 0 Å². The quantitative estimate of drug-likeness (QED) is 0.459. The molecule has 0 aliphatic carbocycles. The third kappa shape index (κ3) is 6.15. The van der Waals surface area contributed by atoms with Gasteiger partial charge in [-0.05, 0) is 19.7 Å². The van der Waals surface area contributed by atoms with E-state index in [0.29, 0.717) is 19.6 Å². The maximum Gasteiger partial charge on any atom is 0.309 e. The van der Waals surface area contributed by atoms with E-state index in [4.69, 9.17) is 9.47 Å². The lowest BCUT2D eigenvalue weighted by atomic mass is 10.0. The second-order valence-corrected chi connectivity index (χ2v) is 3.28. The summed E-state index contributed by atoms with van der Waals surface area (Å²) in [6.07, 6.45) is 1.51. The summed E-state index contributed by atoms with van der Waals surface area (Å²) in [7, 11) is 1.93. The van der Waals surface area contributed by atoms with Gasteiger partial charge >= 0.3 is 11.9 Å². The molecule has 0 aliphatic heterocycles. The fraction of sp³-hybridized carbons (Fsp3) is 0.800. The van der Waals surface area contributed by atoms with Crippen molar-refractivity contribution in [2.75, 3.05) is 13.2 Å². The first-order chi connectivity index (χ1) is 7.15. The number of rotatable bonds is 7. The van der Waals surface area contributed by atoms with Crippen LogP contribution in [0.4, 0.5) is 0 Å². The van der Waals surface area contributed by atoms with Crippen molar-refractivity contribution in [3.63, 3.8) is 0 Å². The molecule has 0 aromatic heterocycles. The predicted octanol–water partition coefficient (Wildman–Crippen LogP) is 0.560. The molecular formula is C10H19BO4. The highest BCUT2D eigenvalue weighted by molar-refractivity contribution is 6.08. The summed E-state index contributed by atoms with van der Waals surface area (Å²) >= 11 is 0. The minimum atomic E-state index is -0.366. The average molecular weight is 214 g/mol. The van der Waals surface area contributed by atoms with Crippen LogP contribution in [0.1, 0.15) is 26.7 Å². The molecule has 0 saturated heterocycles. The molecule has 0 aromatic carbocycles. The molecule has 4 nitrogen and oxygen atoms in total. The minimum absolute atomic E-state index is 0.120. The molecule has 0 aromatic rings. The van der Waals surface area contributed by atoms with Crippen molar-refractivity contribution in [1.29, 1.82) is 0 Å². The van der Waals surface area contributed by atoms with E-state index in [1.807, 2.05) is 14.8 Å². The van der Waals surface area contributed by atoms with Crippen LogP contribution in [0, 0.1) is 5.92 Å². The Labute approximate surface area is 91.7 Å². The first-order valence-electron chi connectivity index (χ1n) is 5.47. The Bertz CT molecular complexity index is 206. The van der Waals surface area contributed by atoms with E-state index in [2.05, 4.69) is 0 Å². The zero-order valence-corrected chi connectivity index (χ0v) is 9.75. The van der Waals surface area contributed by atoms with Crippen molar-refractivity contribution in [2.24, 2.45) is 5.92 Å². The van der Waals surface area contributed by atoms with E-state index in [1.54, 1.807) is 6.92 Å². The lowest BCUT2D eigenvalue weighted by molar-refractivity contribution is -0.154. The molecule has 0 amide bonds. The summed E-state index contributed by atoms with van der Waals surface area (Å²) < 4.78 is 9.76. The van der Waals surface area contributed by atoms with Crippen molar-refractivity contribution in [3.05, 3.63) is 0 Å². The van der Waals surface area contributed by atoms with E-state index in [0.717, 1.165) is 6.32 Å². The lowest BCUT2D eigenvalue weighted by Crippen LogP contribution is -2.21. The molecular weight excluding hydrogens is 195 g/mol. The van der Waals surface area contributed by atoms with Gasteiger partial charge in [0, 0.05) is 0 Å². The van der Waals surface area contributed by atoms with E-state index in [1.165, 1.54) is 0 Å². The van der Waals surface area contributed by atoms with Gasteiger partial charge in [-0.3, -0.25) is 9.59 Å². The molecule has 86 valence electrons. The molecule has 0 rings (SSSR count). The maximum atomic E-state index is 11.4. The Balaban J connectivity index is 3.97. The minimum Gasteiger partial charge on any atom is -0.466 e. The summed E-state index contributed by atoms with van der Waals surface area (Å²) in [4.78, 5) is 22.6. The Hall–Kier alpha value is -0.995. The van der Waals surface area contributed by atoms with Gasteiger partial charge in [0.05, 0.1) is 25.6 Å². The number of esters is 2. The van der Waals surface area contributed by atoms with Crippen LogP contribution in [0.25, 0.3) is 0 Å². The van der Waals surface area contributed by atoms with Gasteiger partial charge in [-0.1, -0.05) is 6.92 Å². The van der Waals surface area contributed by atoms with E-state index >= 15 is 0 Å². The summed E-state index contributed by atoms with van der Waals surface area (Å²) in [6.45, 7) is 4.37. The van der Waals surface area contributed by atoms with Gasteiger partial charge in [0.15, 0.2) is 0 Å². The van der Waals surface area contributed by atoms with Crippen LogP contribution in [0.15, 0.2) is 0 Å². The van der Waals surface area contributed by atoms with Gasteiger partial charge in [0.25, 0.3) is 0 Å². The first-order valence-corrected chi connectivity index (χ1v) is 5.47. The van der Waals surface area contributed by atoms with Crippen LogP contribution in [-0.2, 0) is 19.1 Å². The fourth-order valence-corrected chi connectivity index (χ4v) is 1.13. The third-order valence-corrected chi connectivity index (χ3v) is 1.99. The smallest absolute Gasteiger partial charge is 0.309 e. The Kier molecular flexibility index (Phi) is 7.77. The van der Waals surface area contributed by atoms with Gasteiger partial charge in [0.2, 0.25) is 0 Å². The molecule has 0 spiro atoms. The van der Waals surface area contributed by atoms with Crippen LogP contribution in [0.2, 0.25) is 6.32 Å². The lowest BCUT2D eigenvalue weighted by Gasteiger charge is -2.12. The monoisotopic (exact) mass is 214 g/mol. The fourth-order valence-electron chi connectivity index (χ4n) is 1.13. The maximum absolute atomic E-state index is 11.4.